The van der Waals surface area contributed by atoms with Crippen LogP contribution in [0.1, 0.15) is 16.2 Å². The zero-order valence-corrected chi connectivity index (χ0v) is 12.8. The number of imidazole rings is 1. The molecule has 0 saturated heterocycles. The number of rotatable bonds is 5. The molecule has 1 heterocycles. The van der Waals surface area contributed by atoms with Gasteiger partial charge in [0.05, 0.1) is 6.54 Å². The molecule has 0 aliphatic rings. The average Bonchev–Trinajstić information content (AvgIpc) is 2.89. The van der Waals surface area contributed by atoms with E-state index < -0.39 is 12.7 Å². The van der Waals surface area contributed by atoms with Gasteiger partial charge in [0.25, 0.3) is 5.91 Å². The van der Waals surface area contributed by atoms with E-state index in [0.717, 1.165) is 4.57 Å². The Morgan fingerprint density at radius 2 is 2.09 bits per heavy atom. The Hall–Kier alpha value is -2.51. The van der Waals surface area contributed by atoms with Crippen molar-refractivity contribution in [3.05, 3.63) is 48.0 Å². The van der Waals surface area contributed by atoms with Crippen molar-refractivity contribution in [3.8, 4) is 0 Å². The van der Waals surface area contributed by atoms with Crippen molar-refractivity contribution >= 4 is 11.6 Å². The Bertz CT molecular complexity index is 679. The molecule has 2 aromatic rings. The van der Waals surface area contributed by atoms with Gasteiger partial charge in [-0.25, -0.2) is 4.98 Å². The summed E-state index contributed by atoms with van der Waals surface area (Å²) in [6, 6.07) is 6.78. The van der Waals surface area contributed by atoms with Crippen LogP contribution in [0, 0.1) is 0 Å². The summed E-state index contributed by atoms with van der Waals surface area (Å²) in [5.41, 5.74) is 1.14. The number of alkyl halides is 3. The smallest absolute Gasteiger partial charge is 0.378 e. The van der Waals surface area contributed by atoms with E-state index in [1.807, 2.05) is 0 Å². The molecule has 0 aliphatic carbocycles. The van der Waals surface area contributed by atoms with E-state index in [0.29, 0.717) is 11.3 Å². The molecule has 8 heteroatoms. The fourth-order valence-corrected chi connectivity index (χ4v) is 2.05. The number of aromatic nitrogens is 2. The van der Waals surface area contributed by atoms with Crippen LogP contribution in [-0.4, -0.2) is 40.6 Å². The van der Waals surface area contributed by atoms with Gasteiger partial charge in [0.1, 0.15) is 12.4 Å². The Morgan fingerprint density at radius 1 is 1.35 bits per heavy atom. The fraction of sp³-hybridized carbons (Fsp3) is 0.333. The molecular formula is C15H17F3N4O. The highest BCUT2D eigenvalue weighted by molar-refractivity contribution is 5.94. The molecule has 1 amide bonds. The monoisotopic (exact) mass is 326 g/mol. The number of carbonyl (C=O) groups is 1. The maximum absolute atomic E-state index is 12.5. The molecule has 1 N–H and O–H groups in total. The molecule has 0 atom stereocenters. The number of anilines is 1. The highest BCUT2D eigenvalue weighted by Crippen LogP contribution is 2.19. The van der Waals surface area contributed by atoms with Crippen molar-refractivity contribution in [1.29, 1.82) is 0 Å². The fourth-order valence-electron chi connectivity index (χ4n) is 2.05. The molecule has 1 aromatic heterocycles. The highest BCUT2D eigenvalue weighted by atomic mass is 19.4. The van der Waals surface area contributed by atoms with Crippen LogP contribution in [0.3, 0.4) is 0 Å². The molecule has 0 saturated carbocycles. The van der Waals surface area contributed by atoms with Crippen LogP contribution in [0.5, 0.6) is 0 Å². The van der Waals surface area contributed by atoms with E-state index in [4.69, 9.17) is 0 Å². The lowest BCUT2D eigenvalue weighted by molar-refractivity contribution is -0.141. The van der Waals surface area contributed by atoms with Crippen LogP contribution in [0.25, 0.3) is 0 Å². The van der Waals surface area contributed by atoms with Crippen LogP contribution in [0.15, 0.2) is 36.7 Å². The number of nitrogens with zero attached hydrogens (tertiary/aromatic N) is 3. The molecule has 23 heavy (non-hydrogen) atoms. The molecule has 0 spiro atoms. The highest BCUT2D eigenvalue weighted by Gasteiger charge is 2.28. The van der Waals surface area contributed by atoms with Crippen LogP contribution in [-0.2, 0) is 13.1 Å². The number of hydrogen-bond acceptors (Lipinski definition) is 3. The first-order chi connectivity index (χ1) is 10.8. The van der Waals surface area contributed by atoms with Gasteiger partial charge in [-0.1, -0.05) is 6.07 Å². The van der Waals surface area contributed by atoms with Crippen LogP contribution in [0.4, 0.5) is 18.9 Å². The standard InChI is InChI=1S/C15H17F3N4O/c1-21(2)14(23)11-4-3-5-12(8-11)20-9-13-19-6-7-22(13)10-15(16,17)18/h3-8,20H,9-10H2,1-2H3. The summed E-state index contributed by atoms with van der Waals surface area (Å²) in [6.45, 7) is -0.953. The summed E-state index contributed by atoms with van der Waals surface area (Å²) in [5, 5.41) is 2.99. The molecule has 0 unspecified atom stereocenters. The largest absolute Gasteiger partial charge is 0.406 e. The quantitative estimate of drug-likeness (QED) is 0.919. The second kappa shape index (κ2) is 6.72. The van der Waals surface area contributed by atoms with Gasteiger partial charge in [-0.15, -0.1) is 0 Å². The summed E-state index contributed by atoms with van der Waals surface area (Å²) >= 11 is 0. The molecule has 1 aromatic carbocycles. The van der Waals surface area contributed by atoms with E-state index in [2.05, 4.69) is 10.3 Å². The number of hydrogen-bond donors (Lipinski definition) is 1. The van der Waals surface area contributed by atoms with Gasteiger partial charge in [-0.3, -0.25) is 4.79 Å². The van der Waals surface area contributed by atoms with Gasteiger partial charge < -0.3 is 14.8 Å². The summed E-state index contributed by atoms with van der Waals surface area (Å²) in [7, 11) is 3.30. The normalized spacial score (nSPS) is 11.3. The Balaban J connectivity index is 2.06. The lowest BCUT2D eigenvalue weighted by Gasteiger charge is -2.13. The number of carbonyl (C=O) groups excluding carboxylic acids is 1. The van der Waals surface area contributed by atoms with E-state index in [-0.39, 0.29) is 18.3 Å². The minimum absolute atomic E-state index is 0.128. The predicted molar refractivity (Wildman–Crippen MR) is 80.1 cm³/mol. The zero-order valence-electron chi connectivity index (χ0n) is 12.8. The lowest BCUT2D eigenvalue weighted by Crippen LogP contribution is -2.22. The van der Waals surface area contributed by atoms with Gasteiger partial charge >= 0.3 is 6.18 Å². The van der Waals surface area contributed by atoms with E-state index in [9.17, 15) is 18.0 Å². The molecule has 0 aliphatic heterocycles. The third-order valence-corrected chi connectivity index (χ3v) is 3.12. The molecule has 0 radical (unpaired) electrons. The Kier molecular flexibility index (Phi) is 4.92. The van der Waals surface area contributed by atoms with E-state index in [1.165, 1.54) is 17.3 Å². The van der Waals surface area contributed by atoms with E-state index >= 15 is 0 Å². The molecule has 0 bridgehead atoms. The minimum Gasteiger partial charge on any atom is -0.378 e. The maximum Gasteiger partial charge on any atom is 0.406 e. The summed E-state index contributed by atoms with van der Waals surface area (Å²) in [6.07, 6.45) is -1.68. The van der Waals surface area contributed by atoms with Crippen molar-refractivity contribution in [2.24, 2.45) is 0 Å². The number of halogens is 3. The predicted octanol–water partition coefficient (Wildman–Crippen LogP) is 2.76. The molecule has 5 nitrogen and oxygen atoms in total. The van der Waals surface area contributed by atoms with Gasteiger partial charge in [0, 0.05) is 37.7 Å². The first-order valence-electron chi connectivity index (χ1n) is 6.88. The summed E-state index contributed by atoms with van der Waals surface area (Å²) in [5.74, 6) is 0.124. The topological polar surface area (TPSA) is 50.2 Å². The Morgan fingerprint density at radius 3 is 2.74 bits per heavy atom. The third-order valence-electron chi connectivity index (χ3n) is 3.12. The molecule has 0 fully saturated rings. The van der Waals surface area contributed by atoms with Crippen LogP contribution >= 0.6 is 0 Å². The van der Waals surface area contributed by atoms with Gasteiger partial charge in [0.2, 0.25) is 0 Å². The number of nitrogens with one attached hydrogen (secondary N) is 1. The summed E-state index contributed by atoms with van der Waals surface area (Å²) in [4.78, 5) is 17.3. The van der Waals surface area contributed by atoms with Crippen LogP contribution < -0.4 is 5.32 Å². The second-order valence-corrected chi connectivity index (χ2v) is 5.22. The van der Waals surface area contributed by atoms with Crippen molar-refractivity contribution in [2.75, 3.05) is 19.4 Å². The molecular weight excluding hydrogens is 309 g/mol. The zero-order chi connectivity index (χ0) is 17.0. The van der Waals surface area contributed by atoms with Crippen molar-refractivity contribution in [1.82, 2.24) is 14.5 Å². The average molecular weight is 326 g/mol. The number of amides is 1. The van der Waals surface area contributed by atoms with Gasteiger partial charge in [-0.2, -0.15) is 13.2 Å². The first-order valence-corrected chi connectivity index (χ1v) is 6.88. The molecule has 2 rings (SSSR count). The minimum atomic E-state index is -4.30. The Labute approximate surface area is 131 Å². The SMILES string of the molecule is CN(C)C(=O)c1cccc(NCc2nccn2CC(F)(F)F)c1. The second-order valence-electron chi connectivity index (χ2n) is 5.22. The van der Waals surface area contributed by atoms with Crippen molar-refractivity contribution in [2.45, 2.75) is 19.3 Å². The van der Waals surface area contributed by atoms with Gasteiger partial charge in [-0.05, 0) is 18.2 Å². The molecule has 124 valence electrons. The third kappa shape index (κ3) is 4.73. The van der Waals surface area contributed by atoms with Crippen molar-refractivity contribution in [3.63, 3.8) is 0 Å². The number of benzene rings is 1. The summed E-state index contributed by atoms with van der Waals surface area (Å²) < 4.78 is 38.4. The van der Waals surface area contributed by atoms with Crippen LogP contribution in [0.2, 0.25) is 0 Å². The van der Waals surface area contributed by atoms with E-state index in [1.54, 1.807) is 38.4 Å². The lowest BCUT2D eigenvalue weighted by atomic mass is 10.2. The maximum atomic E-state index is 12.5. The first kappa shape index (κ1) is 16.9. The van der Waals surface area contributed by atoms with Gasteiger partial charge in [0.15, 0.2) is 0 Å². The van der Waals surface area contributed by atoms with Crippen molar-refractivity contribution < 1.29 is 18.0 Å².